The van der Waals surface area contributed by atoms with Crippen LogP contribution in [0.3, 0.4) is 0 Å². The van der Waals surface area contributed by atoms with E-state index in [9.17, 15) is 8.42 Å². The van der Waals surface area contributed by atoms with E-state index in [4.69, 9.17) is 16.9 Å². The van der Waals surface area contributed by atoms with Gasteiger partial charge in [0.05, 0.1) is 16.7 Å². The van der Waals surface area contributed by atoms with Gasteiger partial charge in [-0.1, -0.05) is 33.6 Å². The highest BCUT2D eigenvalue weighted by molar-refractivity contribution is 9.10. The molecule has 0 bridgehead atoms. The molecule has 0 unspecified atom stereocenters. The fourth-order valence-corrected chi connectivity index (χ4v) is 3.63. The normalized spacial score (nSPS) is 11.0. The van der Waals surface area contributed by atoms with E-state index >= 15 is 0 Å². The molecular formula is C14H10BrClN2O2S. The molecule has 21 heavy (non-hydrogen) atoms. The number of sulfonamides is 1. The fraction of sp³-hybridized carbons (Fsp3) is 0.0714. The monoisotopic (exact) mass is 384 g/mol. The molecule has 0 amide bonds. The number of nitriles is 1. The molecule has 4 nitrogen and oxygen atoms in total. The zero-order valence-corrected chi connectivity index (χ0v) is 14.1. The average Bonchev–Trinajstić information content (AvgIpc) is 2.42. The van der Waals surface area contributed by atoms with E-state index in [1.54, 1.807) is 18.2 Å². The van der Waals surface area contributed by atoms with Crippen LogP contribution in [0.1, 0.15) is 11.1 Å². The standard InChI is InChI=1S/C14H10BrClN2O2S/c1-9-2-4-11(7-12(9)15)18-21(19,20)14-5-3-10(8-17)6-13(14)16/h2-7,18H,1H3. The van der Waals surface area contributed by atoms with Crippen molar-refractivity contribution >= 4 is 43.2 Å². The smallest absolute Gasteiger partial charge is 0.263 e. The highest BCUT2D eigenvalue weighted by Crippen LogP contribution is 2.26. The van der Waals surface area contributed by atoms with Gasteiger partial charge in [0.15, 0.2) is 0 Å². The van der Waals surface area contributed by atoms with E-state index in [0.29, 0.717) is 11.3 Å². The van der Waals surface area contributed by atoms with Crippen LogP contribution in [0.4, 0.5) is 5.69 Å². The van der Waals surface area contributed by atoms with Crippen LogP contribution in [0.5, 0.6) is 0 Å². The van der Waals surface area contributed by atoms with Gasteiger partial charge in [0, 0.05) is 10.2 Å². The molecule has 2 rings (SSSR count). The van der Waals surface area contributed by atoms with Gasteiger partial charge < -0.3 is 0 Å². The summed E-state index contributed by atoms with van der Waals surface area (Å²) in [6, 6.07) is 11.1. The van der Waals surface area contributed by atoms with Crippen LogP contribution in [0, 0.1) is 18.3 Å². The summed E-state index contributed by atoms with van der Waals surface area (Å²) in [5.74, 6) is 0. The van der Waals surface area contributed by atoms with Crippen LogP contribution in [0.25, 0.3) is 0 Å². The maximum atomic E-state index is 12.3. The number of halogens is 2. The van der Waals surface area contributed by atoms with Crippen LogP contribution in [0.15, 0.2) is 45.8 Å². The molecule has 0 aliphatic rings. The first-order valence-electron chi connectivity index (χ1n) is 5.82. The lowest BCUT2D eigenvalue weighted by Crippen LogP contribution is -2.13. The summed E-state index contributed by atoms with van der Waals surface area (Å²) >= 11 is 9.28. The van der Waals surface area contributed by atoms with E-state index in [1.807, 2.05) is 13.0 Å². The number of anilines is 1. The Kier molecular flexibility index (Phi) is 4.57. The van der Waals surface area contributed by atoms with Gasteiger partial charge in [-0.15, -0.1) is 0 Å². The van der Waals surface area contributed by atoms with Crippen LogP contribution < -0.4 is 4.72 Å². The Labute approximate surface area is 136 Å². The molecule has 7 heteroatoms. The highest BCUT2D eigenvalue weighted by atomic mass is 79.9. The number of hydrogen-bond donors (Lipinski definition) is 1. The Morgan fingerprint density at radius 2 is 1.95 bits per heavy atom. The first-order chi connectivity index (χ1) is 9.83. The lowest BCUT2D eigenvalue weighted by atomic mass is 10.2. The van der Waals surface area contributed by atoms with E-state index < -0.39 is 10.0 Å². The van der Waals surface area contributed by atoms with E-state index in [-0.39, 0.29) is 9.92 Å². The zero-order valence-electron chi connectivity index (χ0n) is 10.9. The summed E-state index contributed by atoms with van der Waals surface area (Å²) in [6.07, 6.45) is 0. The van der Waals surface area contributed by atoms with Crippen molar-refractivity contribution < 1.29 is 8.42 Å². The van der Waals surface area contributed by atoms with Gasteiger partial charge in [0.1, 0.15) is 4.90 Å². The molecule has 0 spiro atoms. The molecular weight excluding hydrogens is 376 g/mol. The largest absolute Gasteiger partial charge is 0.280 e. The Hall–Kier alpha value is -1.55. The molecule has 1 N–H and O–H groups in total. The first kappa shape index (κ1) is 15.8. The van der Waals surface area contributed by atoms with Gasteiger partial charge >= 0.3 is 0 Å². The average molecular weight is 386 g/mol. The third-order valence-electron chi connectivity index (χ3n) is 2.77. The quantitative estimate of drug-likeness (QED) is 0.865. The second kappa shape index (κ2) is 6.06. The zero-order chi connectivity index (χ0) is 15.6. The van der Waals surface area contributed by atoms with Crippen molar-refractivity contribution in [1.29, 1.82) is 5.26 Å². The van der Waals surface area contributed by atoms with Gasteiger partial charge in [-0.05, 0) is 42.8 Å². The van der Waals surface area contributed by atoms with Crippen molar-refractivity contribution in [3.63, 3.8) is 0 Å². The first-order valence-corrected chi connectivity index (χ1v) is 8.47. The molecule has 0 aromatic heterocycles. The Morgan fingerprint density at radius 3 is 2.52 bits per heavy atom. The van der Waals surface area contributed by atoms with Gasteiger partial charge in [-0.2, -0.15) is 5.26 Å². The molecule has 0 saturated carbocycles. The minimum atomic E-state index is -3.81. The lowest BCUT2D eigenvalue weighted by molar-refractivity contribution is 0.601. The fourth-order valence-electron chi connectivity index (χ4n) is 1.65. The molecule has 0 heterocycles. The van der Waals surface area contributed by atoms with E-state index in [1.165, 1.54) is 18.2 Å². The topological polar surface area (TPSA) is 70.0 Å². The van der Waals surface area contributed by atoms with E-state index in [0.717, 1.165) is 10.0 Å². The van der Waals surface area contributed by atoms with E-state index in [2.05, 4.69) is 20.7 Å². The number of hydrogen-bond acceptors (Lipinski definition) is 3. The molecule has 108 valence electrons. The van der Waals surface area contributed by atoms with Crippen LogP contribution >= 0.6 is 27.5 Å². The van der Waals surface area contributed by atoms with Crippen molar-refractivity contribution in [2.75, 3.05) is 4.72 Å². The predicted molar refractivity (Wildman–Crippen MR) is 85.9 cm³/mol. The van der Waals surface area contributed by atoms with Crippen molar-refractivity contribution in [1.82, 2.24) is 0 Å². The highest BCUT2D eigenvalue weighted by Gasteiger charge is 2.18. The second-order valence-electron chi connectivity index (χ2n) is 4.33. The maximum absolute atomic E-state index is 12.3. The Morgan fingerprint density at radius 1 is 1.24 bits per heavy atom. The Bertz CT molecular complexity index is 845. The SMILES string of the molecule is Cc1ccc(NS(=O)(=O)c2ccc(C#N)cc2Cl)cc1Br. The van der Waals surface area contributed by atoms with Crippen molar-refractivity contribution in [2.45, 2.75) is 11.8 Å². The maximum Gasteiger partial charge on any atom is 0.263 e. The molecule has 0 aliphatic carbocycles. The Balaban J connectivity index is 2.38. The van der Waals surface area contributed by atoms with Gasteiger partial charge in [-0.3, -0.25) is 4.72 Å². The number of benzene rings is 2. The molecule has 2 aromatic rings. The number of aryl methyl sites for hydroxylation is 1. The molecule has 0 radical (unpaired) electrons. The molecule has 0 aliphatic heterocycles. The van der Waals surface area contributed by atoms with Crippen molar-refractivity contribution in [3.8, 4) is 6.07 Å². The summed E-state index contributed by atoms with van der Waals surface area (Å²) in [6.45, 7) is 1.90. The molecule has 0 atom stereocenters. The van der Waals surface area contributed by atoms with Gasteiger partial charge in [-0.25, -0.2) is 8.42 Å². The summed E-state index contributed by atoms with van der Waals surface area (Å²) in [5.41, 5.74) is 1.72. The summed E-state index contributed by atoms with van der Waals surface area (Å²) in [4.78, 5) is -0.0696. The third-order valence-corrected chi connectivity index (χ3v) is 5.49. The lowest BCUT2D eigenvalue weighted by Gasteiger charge is -2.10. The van der Waals surface area contributed by atoms with Crippen molar-refractivity contribution in [2.24, 2.45) is 0 Å². The number of rotatable bonds is 3. The number of nitrogens with one attached hydrogen (secondary N) is 1. The summed E-state index contributed by atoms with van der Waals surface area (Å²) in [5, 5.41) is 8.78. The third kappa shape index (κ3) is 3.56. The summed E-state index contributed by atoms with van der Waals surface area (Å²) < 4.78 is 27.9. The van der Waals surface area contributed by atoms with Crippen molar-refractivity contribution in [3.05, 3.63) is 57.0 Å². The molecule has 0 saturated heterocycles. The molecule has 2 aromatic carbocycles. The van der Waals surface area contributed by atoms with Crippen LogP contribution in [0.2, 0.25) is 5.02 Å². The molecule has 0 fully saturated rings. The van der Waals surface area contributed by atoms with Crippen LogP contribution in [-0.4, -0.2) is 8.42 Å². The second-order valence-corrected chi connectivity index (χ2v) is 7.24. The summed E-state index contributed by atoms with van der Waals surface area (Å²) in [7, 11) is -3.81. The van der Waals surface area contributed by atoms with Gasteiger partial charge in [0.25, 0.3) is 10.0 Å². The minimum Gasteiger partial charge on any atom is -0.280 e. The number of nitrogens with zero attached hydrogens (tertiary/aromatic N) is 1. The van der Waals surface area contributed by atoms with Crippen LogP contribution in [-0.2, 0) is 10.0 Å². The predicted octanol–water partition coefficient (Wildman–Crippen LogP) is 4.08. The minimum absolute atomic E-state index is 0.00715. The van der Waals surface area contributed by atoms with Gasteiger partial charge in [0.2, 0.25) is 0 Å².